The summed E-state index contributed by atoms with van der Waals surface area (Å²) in [4.78, 5) is 16.7. The zero-order valence-electron chi connectivity index (χ0n) is 13.3. The third-order valence-corrected chi connectivity index (χ3v) is 3.91. The summed E-state index contributed by atoms with van der Waals surface area (Å²) in [6, 6.07) is 10.8. The van der Waals surface area contributed by atoms with E-state index >= 15 is 0 Å². The van der Waals surface area contributed by atoms with E-state index in [1.54, 1.807) is 24.3 Å². The summed E-state index contributed by atoms with van der Waals surface area (Å²) in [5.74, 6) is 0.575. The molecule has 0 bridgehead atoms. The molecule has 2 aromatic heterocycles. The molecule has 3 aromatic rings. The Hall–Kier alpha value is -2.53. The maximum atomic E-state index is 12.1. The van der Waals surface area contributed by atoms with Crippen molar-refractivity contribution in [1.82, 2.24) is 14.7 Å². The van der Waals surface area contributed by atoms with E-state index in [0.29, 0.717) is 30.2 Å². The fraction of sp³-hybridized carbons (Fsp3) is 0.222. The Bertz CT molecular complexity index is 860. The van der Waals surface area contributed by atoms with Crippen molar-refractivity contribution in [3.05, 3.63) is 65.1 Å². The molecule has 5 nitrogen and oxygen atoms in total. The van der Waals surface area contributed by atoms with Gasteiger partial charge in [-0.1, -0.05) is 23.7 Å². The minimum absolute atomic E-state index is 0.181. The smallest absolute Gasteiger partial charge is 0.252 e. The number of fused-ring (bicyclic) bond motifs is 1. The van der Waals surface area contributed by atoms with Gasteiger partial charge in [0, 0.05) is 25.4 Å². The minimum atomic E-state index is -0.181. The Kier molecular flexibility index (Phi) is 5.01. The van der Waals surface area contributed by atoms with Crippen LogP contribution < -0.4 is 10.1 Å². The third-order valence-electron chi connectivity index (χ3n) is 3.58. The molecule has 1 N–H and O–H groups in total. The molecule has 24 heavy (non-hydrogen) atoms. The predicted molar refractivity (Wildman–Crippen MR) is 93.9 cm³/mol. The highest BCUT2D eigenvalue weighted by Crippen LogP contribution is 2.19. The first-order chi connectivity index (χ1) is 11.7. The summed E-state index contributed by atoms with van der Waals surface area (Å²) < 4.78 is 7.51. The molecule has 2 heterocycles. The monoisotopic (exact) mass is 343 g/mol. The second-order valence-electron chi connectivity index (χ2n) is 5.25. The van der Waals surface area contributed by atoms with Crippen molar-refractivity contribution in [1.29, 1.82) is 0 Å². The Morgan fingerprint density at radius 1 is 1.29 bits per heavy atom. The molecule has 0 saturated carbocycles. The van der Waals surface area contributed by atoms with Crippen molar-refractivity contribution < 1.29 is 9.53 Å². The van der Waals surface area contributed by atoms with Gasteiger partial charge in [0.15, 0.2) is 11.4 Å². The van der Waals surface area contributed by atoms with Gasteiger partial charge in [0.2, 0.25) is 0 Å². The number of halogens is 1. The Morgan fingerprint density at radius 2 is 2.12 bits per heavy atom. The molecule has 1 aromatic carbocycles. The standard InChI is InChI=1S/C18H18ClN3O2/c1-2-24-16-8-5-11-22-12-13(21-17(16)22)9-10-20-18(23)14-6-3-4-7-15(14)19/h3-8,11-12H,2,9-10H2,1H3,(H,20,23). The number of nitrogens with one attached hydrogen (secondary N) is 1. The van der Waals surface area contributed by atoms with Crippen LogP contribution in [0.1, 0.15) is 23.0 Å². The van der Waals surface area contributed by atoms with Gasteiger partial charge in [0.1, 0.15) is 0 Å². The number of carbonyl (C=O) groups excluding carboxylic acids is 1. The van der Waals surface area contributed by atoms with Gasteiger partial charge in [-0.05, 0) is 31.2 Å². The average molecular weight is 344 g/mol. The Labute approximate surface area is 145 Å². The fourth-order valence-corrected chi connectivity index (χ4v) is 2.69. The number of benzene rings is 1. The maximum Gasteiger partial charge on any atom is 0.252 e. The van der Waals surface area contributed by atoms with E-state index in [9.17, 15) is 4.79 Å². The van der Waals surface area contributed by atoms with E-state index in [4.69, 9.17) is 16.3 Å². The van der Waals surface area contributed by atoms with Crippen LogP contribution in [0.5, 0.6) is 5.75 Å². The average Bonchev–Trinajstić information content (AvgIpc) is 2.99. The molecule has 3 rings (SSSR count). The lowest BCUT2D eigenvalue weighted by molar-refractivity contribution is 0.0954. The number of rotatable bonds is 6. The SMILES string of the molecule is CCOc1cccn2cc(CCNC(=O)c3ccccc3Cl)nc12. The number of aromatic nitrogens is 2. The van der Waals surface area contributed by atoms with Gasteiger partial charge in [0.25, 0.3) is 5.91 Å². The molecule has 0 unspecified atom stereocenters. The highest BCUT2D eigenvalue weighted by molar-refractivity contribution is 6.33. The lowest BCUT2D eigenvalue weighted by Crippen LogP contribution is -2.26. The topological polar surface area (TPSA) is 55.6 Å². The van der Waals surface area contributed by atoms with Gasteiger partial charge < -0.3 is 14.5 Å². The molecule has 0 aliphatic rings. The Balaban J connectivity index is 1.65. The number of imidazole rings is 1. The highest BCUT2D eigenvalue weighted by Gasteiger charge is 2.10. The molecule has 0 spiro atoms. The van der Waals surface area contributed by atoms with Gasteiger partial charge in [-0.3, -0.25) is 4.79 Å². The Morgan fingerprint density at radius 3 is 2.92 bits per heavy atom. The molecule has 0 radical (unpaired) electrons. The zero-order chi connectivity index (χ0) is 16.9. The second-order valence-corrected chi connectivity index (χ2v) is 5.66. The number of nitrogens with zero attached hydrogens (tertiary/aromatic N) is 2. The first kappa shape index (κ1) is 16.3. The summed E-state index contributed by atoms with van der Waals surface area (Å²) in [5.41, 5.74) is 2.15. The predicted octanol–water partition coefficient (Wildman–Crippen LogP) is 3.36. The van der Waals surface area contributed by atoms with Crippen molar-refractivity contribution >= 4 is 23.2 Å². The van der Waals surface area contributed by atoms with Crippen LogP contribution in [-0.4, -0.2) is 28.4 Å². The van der Waals surface area contributed by atoms with E-state index in [2.05, 4.69) is 10.3 Å². The summed E-state index contributed by atoms with van der Waals surface area (Å²) in [6.45, 7) is 3.02. The lowest BCUT2D eigenvalue weighted by Gasteiger charge is -2.05. The molecular formula is C18H18ClN3O2. The van der Waals surface area contributed by atoms with Crippen molar-refractivity contribution in [2.75, 3.05) is 13.2 Å². The normalized spacial score (nSPS) is 10.8. The minimum Gasteiger partial charge on any atom is -0.490 e. The van der Waals surface area contributed by atoms with E-state index in [1.165, 1.54) is 0 Å². The molecule has 0 saturated heterocycles. The number of amides is 1. The quantitative estimate of drug-likeness (QED) is 0.746. The van der Waals surface area contributed by atoms with Gasteiger partial charge in [0.05, 0.1) is 22.9 Å². The van der Waals surface area contributed by atoms with Crippen molar-refractivity contribution in [3.63, 3.8) is 0 Å². The van der Waals surface area contributed by atoms with Gasteiger partial charge in [-0.2, -0.15) is 0 Å². The molecule has 6 heteroatoms. The maximum absolute atomic E-state index is 12.1. The molecule has 124 valence electrons. The lowest BCUT2D eigenvalue weighted by atomic mass is 10.2. The van der Waals surface area contributed by atoms with Gasteiger partial charge in [-0.15, -0.1) is 0 Å². The van der Waals surface area contributed by atoms with Gasteiger partial charge in [-0.25, -0.2) is 4.98 Å². The van der Waals surface area contributed by atoms with Crippen LogP contribution in [-0.2, 0) is 6.42 Å². The number of ether oxygens (including phenoxy) is 1. The van der Waals surface area contributed by atoms with Crippen LogP contribution in [0.25, 0.3) is 5.65 Å². The van der Waals surface area contributed by atoms with Crippen LogP contribution >= 0.6 is 11.6 Å². The van der Waals surface area contributed by atoms with E-state index < -0.39 is 0 Å². The summed E-state index contributed by atoms with van der Waals surface area (Å²) >= 11 is 6.03. The fourth-order valence-electron chi connectivity index (χ4n) is 2.47. The first-order valence-electron chi connectivity index (χ1n) is 7.81. The third kappa shape index (κ3) is 3.51. The molecule has 0 aliphatic carbocycles. The second kappa shape index (κ2) is 7.36. The van der Waals surface area contributed by atoms with E-state index in [0.717, 1.165) is 17.1 Å². The molecule has 0 fully saturated rings. The molecule has 1 amide bonds. The van der Waals surface area contributed by atoms with Crippen LogP contribution in [0.3, 0.4) is 0 Å². The van der Waals surface area contributed by atoms with Crippen molar-refractivity contribution in [3.8, 4) is 5.75 Å². The molecular weight excluding hydrogens is 326 g/mol. The number of carbonyl (C=O) groups is 1. The van der Waals surface area contributed by atoms with E-state index in [1.807, 2.05) is 35.9 Å². The molecule has 0 aliphatic heterocycles. The highest BCUT2D eigenvalue weighted by atomic mass is 35.5. The largest absolute Gasteiger partial charge is 0.490 e. The number of pyridine rings is 1. The summed E-state index contributed by atoms with van der Waals surface area (Å²) in [6.07, 6.45) is 4.50. The number of hydrogen-bond donors (Lipinski definition) is 1. The van der Waals surface area contributed by atoms with Crippen molar-refractivity contribution in [2.24, 2.45) is 0 Å². The van der Waals surface area contributed by atoms with E-state index in [-0.39, 0.29) is 5.91 Å². The molecule has 0 atom stereocenters. The summed E-state index contributed by atoms with van der Waals surface area (Å²) in [5, 5.41) is 3.32. The van der Waals surface area contributed by atoms with Crippen LogP contribution in [0.4, 0.5) is 0 Å². The summed E-state index contributed by atoms with van der Waals surface area (Å²) in [7, 11) is 0. The number of hydrogen-bond acceptors (Lipinski definition) is 3. The first-order valence-corrected chi connectivity index (χ1v) is 8.19. The van der Waals surface area contributed by atoms with Gasteiger partial charge >= 0.3 is 0 Å². The van der Waals surface area contributed by atoms with Crippen LogP contribution in [0, 0.1) is 0 Å². The van der Waals surface area contributed by atoms with Crippen LogP contribution in [0.15, 0.2) is 48.8 Å². The zero-order valence-corrected chi connectivity index (χ0v) is 14.1. The van der Waals surface area contributed by atoms with Crippen molar-refractivity contribution in [2.45, 2.75) is 13.3 Å². The van der Waals surface area contributed by atoms with Crippen LogP contribution in [0.2, 0.25) is 5.02 Å².